The highest BCUT2D eigenvalue weighted by atomic mass is 79.9. The molecule has 0 fully saturated rings. The lowest BCUT2D eigenvalue weighted by atomic mass is 10.2. The van der Waals surface area contributed by atoms with Gasteiger partial charge in [-0.1, -0.05) is 13.0 Å². The van der Waals surface area contributed by atoms with Crippen LogP contribution in [0.1, 0.15) is 6.92 Å². The molecular formula is C11H15BrN2S. The van der Waals surface area contributed by atoms with Crippen molar-refractivity contribution >= 4 is 33.4 Å². The summed E-state index contributed by atoms with van der Waals surface area (Å²) in [6.07, 6.45) is 0. The highest BCUT2D eigenvalue weighted by Crippen LogP contribution is 2.42. The molecule has 1 aromatic rings. The Balaban J connectivity index is 2.38. The van der Waals surface area contributed by atoms with Crippen molar-refractivity contribution in [3.63, 3.8) is 0 Å². The fourth-order valence-corrected chi connectivity index (χ4v) is 3.86. The Kier molecular flexibility index (Phi) is 3.59. The smallest absolute Gasteiger partial charge is 0.0649 e. The molecule has 0 saturated carbocycles. The maximum atomic E-state index is 5.65. The molecule has 0 bridgehead atoms. The van der Waals surface area contributed by atoms with Gasteiger partial charge in [-0.2, -0.15) is 0 Å². The van der Waals surface area contributed by atoms with Gasteiger partial charge in [0.25, 0.3) is 0 Å². The number of benzene rings is 1. The lowest BCUT2D eigenvalue weighted by Gasteiger charge is -2.34. The summed E-state index contributed by atoms with van der Waals surface area (Å²) in [5.74, 6) is 0. The van der Waals surface area contributed by atoms with Crippen molar-refractivity contribution in [3.8, 4) is 0 Å². The van der Waals surface area contributed by atoms with E-state index in [1.165, 1.54) is 15.1 Å². The normalized spacial score (nSPS) is 20.2. The van der Waals surface area contributed by atoms with Gasteiger partial charge in [-0.05, 0) is 28.1 Å². The molecule has 1 aliphatic rings. The highest BCUT2D eigenvalue weighted by Gasteiger charge is 2.23. The summed E-state index contributed by atoms with van der Waals surface area (Å²) < 4.78 is 1.17. The van der Waals surface area contributed by atoms with E-state index in [4.69, 9.17) is 5.73 Å². The zero-order chi connectivity index (χ0) is 10.8. The molecule has 1 aromatic carbocycles. The summed E-state index contributed by atoms with van der Waals surface area (Å²) in [6, 6.07) is 6.37. The van der Waals surface area contributed by atoms with Crippen molar-refractivity contribution in [1.29, 1.82) is 0 Å². The Morgan fingerprint density at radius 1 is 1.60 bits per heavy atom. The number of halogens is 1. The van der Waals surface area contributed by atoms with E-state index >= 15 is 0 Å². The fourth-order valence-electron chi connectivity index (χ4n) is 1.91. The number of nitrogens with zero attached hydrogens (tertiary/aromatic N) is 1. The van der Waals surface area contributed by atoms with Crippen molar-refractivity contribution in [1.82, 2.24) is 0 Å². The van der Waals surface area contributed by atoms with Gasteiger partial charge in [-0.3, -0.25) is 0 Å². The van der Waals surface area contributed by atoms with Gasteiger partial charge in [-0.25, -0.2) is 0 Å². The standard InChI is InChI=1S/C11H15BrN2S/c1-8-7-14(6-5-13)11-9(12)3-2-4-10(11)15-8/h2-4,8H,5-7,13H2,1H3. The van der Waals surface area contributed by atoms with Crippen molar-refractivity contribution in [2.75, 3.05) is 24.5 Å². The molecule has 2 nitrogen and oxygen atoms in total. The van der Waals surface area contributed by atoms with Crippen LogP contribution in [0.15, 0.2) is 27.6 Å². The number of nitrogens with two attached hydrogens (primary N) is 1. The van der Waals surface area contributed by atoms with E-state index in [1.54, 1.807) is 0 Å². The second kappa shape index (κ2) is 4.76. The third-order valence-corrected chi connectivity index (χ3v) is 4.25. The molecule has 0 radical (unpaired) electrons. The van der Waals surface area contributed by atoms with Crippen LogP contribution in [0.3, 0.4) is 0 Å². The molecule has 1 aliphatic heterocycles. The number of hydrogen-bond acceptors (Lipinski definition) is 3. The third kappa shape index (κ3) is 2.32. The Labute approximate surface area is 103 Å². The molecule has 0 amide bonds. The maximum absolute atomic E-state index is 5.65. The molecule has 15 heavy (non-hydrogen) atoms. The van der Waals surface area contributed by atoms with Gasteiger partial charge >= 0.3 is 0 Å². The van der Waals surface area contributed by atoms with Crippen molar-refractivity contribution in [3.05, 3.63) is 22.7 Å². The minimum absolute atomic E-state index is 0.637. The summed E-state index contributed by atoms with van der Waals surface area (Å²) in [5, 5.41) is 0.637. The Bertz CT molecular complexity index is 356. The van der Waals surface area contributed by atoms with Gasteiger partial charge in [0.15, 0.2) is 0 Å². The SMILES string of the molecule is CC1CN(CCN)c2c(Br)cccc2S1. The molecule has 2 rings (SSSR count). The van der Waals surface area contributed by atoms with E-state index in [9.17, 15) is 0 Å². The van der Waals surface area contributed by atoms with Crippen LogP contribution in [0.2, 0.25) is 0 Å². The summed E-state index contributed by atoms with van der Waals surface area (Å²) >= 11 is 5.56. The topological polar surface area (TPSA) is 29.3 Å². The van der Waals surface area contributed by atoms with Gasteiger partial charge in [0.2, 0.25) is 0 Å². The molecule has 0 saturated heterocycles. The van der Waals surface area contributed by atoms with E-state index in [0.29, 0.717) is 11.8 Å². The summed E-state index contributed by atoms with van der Waals surface area (Å²) in [7, 11) is 0. The molecular weight excluding hydrogens is 272 g/mol. The van der Waals surface area contributed by atoms with E-state index in [0.717, 1.165) is 13.1 Å². The quantitative estimate of drug-likeness (QED) is 0.907. The summed E-state index contributed by atoms with van der Waals surface area (Å²) in [4.78, 5) is 3.73. The monoisotopic (exact) mass is 286 g/mol. The van der Waals surface area contributed by atoms with Gasteiger partial charge in [-0.15, -0.1) is 11.8 Å². The van der Waals surface area contributed by atoms with Gasteiger partial charge in [0.1, 0.15) is 0 Å². The van der Waals surface area contributed by atoms with E-state index in [2.05, 4.69) is 46.0 Å². The van der Waals surface area contributed by atoms with Gasteiger partial charge in [0.05, 0.1) is 5.69 Å². The second-order valence-electron chi connectivity index (χ2n) is 3.75. The van der Waals surface area contributed by atoms with Crippen LogP contribution in [0.25, 0.3) is 0 Å². The van der Waals surface area contributed by atoms with Crippen molar-refractivity contribution in [2.45, 2.75) is 17.1 Å². The predicted octanol–water partition coefficient (Wildman–Crippen LogP) is 2.71. The zero-order valence-electron chi connectivity index (χ0n) is 8.74. The van der Waals surface area contributed by atoms with Crippen LogP contribution in [-0.4, -0.2) is 24.9 Å². The lowest BCUT2D eigenvalue weighted by Crippen LogP contribution is -2.37. The Morgan fingerprint density at radius 3 is 3.13 bits per heavy atom. The van der Waals surface area contributed by atoms with Crippen LogP contribution in [0.5, 0.6) is 0 Å². The summed E-state index contributed by atoms with van der Waals surface area (Å²) in [5.41, 5.74) is 6.96. The Morgan fingerprint density at radius 2 is 2.40 bits per heavy atom. The van der Waals surface area contributed by atoms with Crippen molar-refractivity contribution in [2.24, 2.45) is 5.73 Å². The second-order valence-corrected chi connectivity index (χ2v) is 6.08. The maximum Gasteiger partial charge on any atom is 0.0649 e. The Hall–Kier alpha value is -0.190. The average molecular weight is 287 g/mol. The number of para-hydroxylation sites is 1. The lowest BCUT2D eigenvalue weighted by molar-refractivity contribution is 0.751. The number of thioether (sulfide) groups is 1. The summed E-state index contributed by atoms with van der Waals surface area (Å²) in [6.45, 7) is 4.98. The molecule has 0 aromatic heterocycles. The van der Waals surface area contributed by atoms with Gasteiger partial charge in [0, 0.05) is 34.3 Å². The average Bonchev–Trinajstić information content (AvgIpc) is 2.17. The number of rotatable bonds is 2. The third-order valence-electron chi connectivity index (χ3n) is 2.47. The molecule has 0 aliphatic carbocycles. The van der Waals surface area contributed by atoms with Crippen LogP contribution >= 0.6 is 27.7 Å². The number of fused-ring (bicyclic) bond motifs is 1. The first-order chi connectivity index (χ1) is 7.22. The minimum atomic E-state index is 0.637. The highest BCUT2D eigenvalue weighted by molar-refractivity contribution is 9.10. The first-order valence-corrected chi connectivity index (χ1v) is 6.80. The molecule has 1 atom stereocenters. The number of hydrogen-bond donors (Lipinski definition) is 1. The molecule has 0 spiro atoms. The fraction of sp³-hybridized carbons (Fsp3) is 0.455. The molecule has 2 N–H and O–H groups in total. The molecule has 82 valence electrons. The van der Waals surface area contributed by atoms with Crippen LogP contribution in [-0.2, 0) is 0 Å². The van der Waals surface area contributed by atoms with Gasteiger partial charge < -0.3 is 10.6 Å². The predicted molar refractivity (Wildman–Crippen MR) is 70.7 cm³/mol. The van der Waals surface area contributed by atoms with Crippen LogP contribution in [0.4, 0.5) is 5.69 Å². The first kappa shape index (κ1) is 11.3. The molecule has 4 heteroatoms. The molecule has 1 unspecified atom stereocenters. The van der Waals surface area contributed by atoms with E-state index < -0.39 is 0 Å². The first-order valence-electron chi connectivity index (χ1n) is 5.12. The van der Waals surface area contributed by atoms with Crippen molar-refractivity contribution < 1.29 is 0 Å². The minimum Gasteiger partial charge on any atom is -0.367 e. The number of anilines is 1. The van der Waals surface area contributed by atoms with E-state index in [-0.39, 0.29) is 0 Å². The van der Waals surface area contributed by atoms with E-state index in [1.807, 2.05) is 11.8 Å². The zero-order valence-corrected chi connectivity index (χ0v) is 11.1. The van der Waals surface area contributed by atoms with Crippen LogP contribution < -0.4 is 10.6 Å². The van der Waals surface area contributed by atoms with Crippen LogP contribution in [0, 0.1) is 0 Å². The molecule has 1 heterocycles. The largest absolute Gasteiger partial charge is 0.367 e.